The lowest BCUT2D eigenvalue weighted by molar-refractivity contribution is 0.435. The maximum Gasteiger partial charge on any atom is 0.122 e. The molecule has 0 aliphatic carbocycles. The van der Waals surface area contributed by atoms with Gasteiger partial charge in [-0.15, -0.1) is 0 Å². The van der Waals surface area contributed by atoms with Gasteiger partial charge in [0.15, 0.2) is 0 Å². The topological polar surface area (TPSA) is 80.9 Å². The Morgan fingerprint density at radius 2 is 0.857 bits per heavy atom. The molecule has 0 spiro atoms. The quantitative estimate of drug-likeness (QED) is 0.682. The fourth-order valence-corrected chi connectivity index (χ4v) is 2.26. The number of phenols is 4. The van der Waals surface area contributed by atoms with E-state index in [-0.39, 0.29) is 23.0 Å². The van der Waals surface area contributed by atoms with E-state index in [0.29, 0.717) is 22.3 Å². The zero-order chi connectivity index (χ0) is 15.9. The molecule has 0 atom stereocenters. The van der Waals surface area contributed by atoms with Crippen LogP contribution >= 0.6 is 0 Å². The molecule has 21 heavy (non-hydrogen) atoms. The molecule has 0 saturated carbocycles. The molecule has 0 radical (unpaired) electrons. The molecule has 4 heteroatoms. The molecule has 0 saturated heterocycles. The largest absolute Gasteiger partial charge is 0.508 e. The van der Waals surface area contributed by atoms with Gasteiger partial charge in [0.25, 0.3) is 0 Å². The van der Waals surface area contributed by atoms with Crippen LogP contribution in [0.2, 0.25) is 0 Å². The third-order valence-electron chi connectivity index (χ3n) is 4.15. The fourth-order valence-electron chi connectivity index (χ4n) is 2.26. The molecule has 0 unspecified atom stereocenters. The smallest absolute Gasteiger partial charge is 0.122 e. The van der Waals surface area contributed by atoms with Crippen LogP contribution in [-0.4, -0.2) is 20.4 Å². The van der Waals surface area contributed by atoms with E-state index in [1.54, 1.807) is 38.1 Å². The summed E-state index contributed by atoms with van der Waals surface area (Å²) in [4.78, 5) is 0. The number of phenolic OH excluding ortho intramolecular Hbond substituents is 4. The average molecular weight is 288 g/mol. The highest BCUT2D eigenvalue weighted by Gasteiger charge is 2.26. The lowest BCUT2D eigenvalue weighted by atomic mass is 9.77. The van der Waals surface area contributed by atoms with E-state index in [2.05, 4.69) is 0 Å². The van der Waals surface area contributed by atoms with E-state index in [0.717, 1.165) is 0 Å². The molecular formula is C17H20O4. The van der Waals surface area contributed by atoms with Crippen LogP contribution in [0.3, 0.4) is 0 Å². The van der Waals surface area contributed by atoms with Gasteiger partial charge >= 0.3 is 0 Å². The van der Waals surface area contributed by atoms with Crippen LogP contribution in [-0.2, 0) is 5.41 Å². The standard InChI is InChI=1S/C17H20O4/c1-9-13(18)5-11(6-14(9)19)17(3,4)12-7-15(20)10(2)16(21)8-12/h5-8,18-21H,1-4H3. The summed E-state index contributed by atoms with van der Waals surface area (Å²) < 4.78 is 0. The van der Waals surface area contributed by atoms with Gasteiger partial charge in [-0.05, 0) is 49.2 Å². The first-order valence-corrected chi connectivity index (χ1v) is 6.70. The van der Waals surface area contributed by atoms with Crippen LogP contribution in [0.1, 0.15) is 36.1 Å². The highest BCUT2D eigenvalue weighted by atomic mass is 16.3. The van der Waals surface area contributed by atoms with Crippen molar-refractivity contribution in [1.29, 1.82) is 0 Å². The van der Waals surface area contributed by atoms with Gasteiger partial charge in [0, 0.05) is 16.5 Å². The third kappa shape index (κ3) is 2.49. The molecule has 4 nitrogen and oxygen atoms in total. The van der Waals surface area contributed by atoms with Gasteiger partial charge in [0.1, 0.15) is 23.0 Å². The number of benzene rings is 2. The van der Waals surface area contributed by atoms with Crippen molar-refractivity contribution in [2.24, 2.45) is 0 Å². The monoisotopic (exact) mass is 288 g/mol. The van der Waals surface area contributed by atoms with Gasteiger partial charge < -0.3 is 20.4 Å². The minimum atomic E-state index is -0.606. The van der Waals surface area contributed by atoms with Crippen molar-refractivity contribution in [3.05, 3.63) is 46.5 Å². The van der Waals surface area contributed by atoms with Crippen LogP contribution in [0.25, 0.3) is 0 Å². The zero-order valence-corrected chi connectivity index (χ0v) is 12.6. The van der Waals surface area contributed by atoms with E-state index < -0.39 is 5.41 Å². The number of hydrogen-bond donors (Lipinski definition) is 4. The molecule has 0 aromatic heterocycles. The van der Waals surface area contributed by atoms with Crippen molar-refractivity contribution < 1.29 is 20.4 Å². The molecular weight excluding hydrogens is 268 g/mol. The highest BCUT2D eigenvalue weighted by Crippen LogP contribution is 2.40. The predicted octanol–water partition coefficient (Wildman–Crippen LogP) is 3.45. The summed E-state index contributed by atoms with van der Waals surface area (Å²) in [5.41, 5.74) is 1.61. The summed E-state index contributed by atoms with van der Waals surface area (Å²) in [6.07, 6.45) is 0. The summed E-state index contributed by atoms with van der Waals surface area (Å²) >= 11 is 0. The number of hydrogen-bond acceptors (Lipinski definition) is 4. The first-order valence-electron chi connectivity index (χ1n) is 6.70. The van der Waals surface area contributed by atoms with E-state index >= 15 is 0 Å². The first-order chi connectivity index (χ1) is 9.64. The molecule has 4 N–H and O–H groups in total. The molecule has 0 heterocycles. The van der Waals surface area contributed by atoms with Crippen molar-refractivity contribution in [2.45, 2.75) is 33.1 Å². The molecule has 0 aliphatic heterocycles. The van der Waals surface area contributed by atoms with Crippen molar-refractivity contribution in [3.63, 3.8) is 0 Å². The summed E-state index contributed by atoms with van der Waals surface area (Å²) in [5, 5.41) is 39.5. The molecule has 0 aliphatic rings. The molecule has 0 amide bonds. The van der Waals surface area contributed by atoms with Gasteiger partial charge in [-0.2, -0.15) is 0 Å². The Hall–Kier alpha value is -2.36. The van der Waals surface area contributed by atoms with E-state index in [1.165, 1.54) is 0 Å². The summed E-state index contributed by atoms with van der Waals surface area (Å²) in [7, 11) is 0. The minimum Gasteiger partial charge on any atom is -0.508 e. The Balaban J connectivity index is 2.61. The highest BCUT2D eigenvalue weighted by molar-refractivity contribution is 5.54. The van der Waals surface area contributed by atoms with Crippen LogP contribution < -0.4 is 0 Å². The first kappa shape index (κ1) is 15.0. The van der Waals surface area contributed by atoms with Gasteiger partial charge in [0.05, 0.1) is 0 Å². The van der Waals surface area contributed by atoms with Crippen LogP contribution in [0.15, 0.2) is 24.3 Å². The van der Waals surface area contributed by atoms with Crippen molar-refractivity contribution in [2.75, 3.05) is 0 Å². The molecule has 112 valence electrons. The molecule has 2 aromatic carbocycles. The van der Waals surface area contributed by atoms with E-state index in [4.69, 9.17) is 0 Å². The summed E-state index contributed by atoms with van der Waals surface area (Å²) in [6.45, 7) is 7.04. The van der Waals surface area contributed by atoms with Crippen molar-refractivity contribution in [1.82, 2.24) is 0 Å². The normalized spacial score (nSPS) is 11.6. The SMILES string of the molecule is Cc1c(O)cc(C(C)(C)c2cc(O)c(C)c(O)c2)cc1O. The lowest BCUT2D eigenvalue weighted by Crippen LogP contribution is -2.19. The predicted molar refractivity (Wildman–Crippen MR) is 81.1 cm³/mol. The van der Waals surface area contributed by atoms with E-state index in [1.807, 2.05) is 13.8 Å². The second kappa shape index (κ2) is 4.88. The van der Waals surface area contributed by atoms with E-state index in [9.17, 15) is 20.4 Å². The Labute approximate surface area is 123 Å². The number of rotatable bonds is 2. The number of aromatic hydroxyl groups is 4. The lowest BCUT2D eigenvalue weighted by Gasteiger charge is -2.27. The molecule has 2 rings (SSSR count). The fraction of sp³-hybridized carbons (Fsp3) is 0.294. The third-order valence-corrected chi connectivity index (χ3v) is 4.15. The van der Waals surface area contributed by atoms with Crippen molar-refractivity contribution >= 4 is 0 Å². The zero-order valence-electron chi connectivity index (χ0n) is 12.6. The summed E-state index contributed by atoms with van der Waals surface area (Å²) in [5.74, 6) is 0.0505. The Morgan fingerprint density at radius 3 is 1.10 bits per heavy atom. The molecule has 2 aromatic rings. The average Bonchev–Trinajstić information content (AvgIpc) is 2.40. The van der Waals surface area contributed by atoms with Gasteiger partial charge in [-0.25, -0.2) is 0 Å². The Morgan fingerprint density at radius 1 is 0.619 bits per heavy atom. The van der Waals surface area contributed by atoms with Gasteiger partial charge in [0.2, 0.25) is 0 Å². The Kier molecular flexibility index (Phi) is 3.49. The van der Waals surface area contributed by atoms with Gasteiger partial charge in [-0.3, -0.25) is 0 Å². The van der Waals surface area contributed by atoms with Gasteiger partial charge in [-0.1, -0.05) is 13.8 Å². The second-order valence-corrected chi connectivity index (χ2v) is 5.90. The minimum absolute atomic E-state index is 0.0126. The maximum atomic E-state index is 9.89. The Bertz CT molecular complexity index is 596. The van der Waals surface area contributed by atoms with Crippen LogP contribution in [0.5, 0.6) is 23.0 Å². The molecule has 0 fully saturated rings. The van der Waals surface area contributed by atoms with Crippen molar-refractivity contribution in [3.8, 4) is 23.0 Å². The van der Waals surface area contributed by atoms with Crippen LogP contribution in [0, 0.1) is 13.8 Å². The molecule has 0 bridgehead atoms. The second-order valence-electron chi connectivity index (χ2n) is 5.90. The maximum absolute atomic E-state index is 9.89. The van der Waals surface area contributed by atoms with Crippen LogP contribution in [0.4, 0.5) is 0 Å². The summed E-state index contributed by atoms with van der Waals surface area (Å²) in [6, 6.07) is 6.35.